The van der Waals surface area contributed by atoms with Crippen molar-refractivity contribution in [3.8, 4) is 11.5 Å². The van der Waals surface area contributed by atoms with Gasteiger partial charge in [0.25, 0.3) is 11.6 Å². The molecule has 1 fully saturated rings. The lowest BCUT2D eigenvalue weighted by Gasteiger charge is -2.18. The van der Waals surface area contributed by atoms with Gasteiger partial charge in [0.2, 0.25) is 6.10 Å². The largest absolute Gasteiger partial charge is 0.493 e. The van der Waals surface area contributed by atoms with Gasteiger partial charge < -0.3 is 19.5 Å². The molecule has 0 spiro atoms. The number of methoxy groups -OCH3 is 1. The number of rotatable bonds is 9. The molecule has 30 heavy (non-hydrogen) atoms. The van der Waals surface area contributed by atoms with Crippen molar-refractivity contribution in [3.05, 3.63) is 63.7 Å². The van der Waals surface area contributed by atoms with E-state index >= 15 is 0 Å². The van der Waals surface area contributed by atoms with E-state index in [2.05, 4.69) is 5.32 Å². The van der Waals surface area contributed by atoms with Crippen LogP contribution in [0.5, 0.6) is 11.5 Å². The van der Waals surface area contributed by atoms with Gasteiger partial charge in [-0.1, -0.05) is 30.3 Å². The summed E-state index contributed by atoms with van der Waals surface area (Å²) in [7, 11) is 1.36. The molecule has 0 aliphatic heterocycles. The van der Waals surface area contributed by atoms with E-state index in [4.69, 9.17) is 14.2 Å². The van der Waals surface area contributed by atoms with Crippen LogP contribution in [0.4, 0.5) is 5.69 Å². The third kappa shape index (κ3) is 4.86. The molecule has 0 heterocycles. The fourth-order valence-electron chi connectivity index (χ4n) is 2.87. The predicted molar refractivity (Wildman–Crippen MR) is 107 cm³/mol. The first-order valence-corrected chi connectivity index (χ1v) is 9.50. The van der Waals surface area contributed by atoms with Crippen LogP contribution in [0.1, 0.15) is 41.8 Å². The van der Waals surface area contributed by atoms with Crippen molar-refractivity contribution >= 4 is 17.6 Å². The molecule has 158 valence electrons. The number of ether oxygens (including phenoxy) is 3. The van der Waals surface area contributed by atoms with Crippen LogP contribution in [-0.4, -0.2) is 36.6 Å². The summed E-state index contributed by atoms with van der Waals surface area (Å²) in [5, 5.41) is 14.3. The van der Waals surface area contributed by atoms with Gasteiger partial charge in [-0.2, -0.15) is 0 Å². The lowest BCUT2D eigenvalue weighted by molar-refractivity contribution is -0.385. The number of hydrogen-bond donors (Lipinski definition) is 1. The van der Waals surface area contributed by atoms with E-state index in [-0.39, 0.29) is 29.7 Å². The number of carbonyl (C=O) groups excluding carboxylic acids is 2. The number of nitro benzene ring substituents is 1. The quantitative estimate of drug-likeness (QED) is 0.380. The van der Waals surface area contributed by atoms with Crippen LogP contribution in [0.15, 0.2) is 42.5 Å². The number of esters is 1. The fourth-order valence-corrected chi connectivity index (χ4v) is 2.87. The van der Waals surface area contributed by atoms with Gasteiger partial charge in [0.1, 0.15) is 5.56 Å². The summed E-state index contributed by atoms with van der Waals surface area (Å²) in [6, 6.07) is 10.8. The van der Waals surface area contributed by atoms with Crippen molar-refractivity contribution in [2.24, 2.45) is 0 Å². The molecule has 1 saturated carbocycles. The average Bonchev–Trinajstić information content (AvgIpc) is 3.56. The molecule has 3 rings (SSSR count). The Kier molecular flexibility index (Phi) is 6.51. The molecule has 0 aromatic heterocycles. The van der Waals surface area contributed by atoms with Crippen LogP contribution in [0.3, 0.4) is 0 Å². The highest BCUT2D eigenvalue weighted by atomic mass is 16.6. The van der Waals surface area contributed by atoms with Crippen LogP contribution in [0, 0.1) is 10.1 Å². The minimum atomic E-state index is -1.24. The Morgan fingerprint density at radius 3 is 2.47 bits per heavy atom. The van der Waals surface area contributed by atoms with E-state index in [0.717, 1.165) is 18.9 Å². The molecule has 1 atom stereocenters. The molecule has 1 N–H and O–H groups in total. The van der Waals surface area contributed by atoms with Gasteiger partial charge in [-0.3, -0.25) is 14.9 Å². The lowest BCUT2D eigenvalue weighted by atomic mass is 10.1. The number of nitrogens with zero attached hydrogens (tertiary/aromatic N) is 1. The molecular formula is C21H22N2O7. The van der Waals surface area contributed by atoms with Gasteiger partial charge >= 0.3 is 5.97 Å². The zero-order chi connectivity index (χ0) is 21.7. The number of nitrogens with one attached hydrogen (secondary N) is 1. The monoisotopic (exact) mass is 414 g/mol. The fraction of sp³-hybridized carbons (Fsp3) is 0.333. The van der Waals surface area contributed by atoms with Crippen LogP contribution < -0.4 is 14.8 Å². The molecule has 9 heteroatoms. The highest BCUT2D eigenvalue weighted by Crippen LogP contribution is 2.36. The SMILES string of the molecule is CCOc1cc([N+](=O)[O-])c(C(=O)OC(C(=O)NC2CC2)c2ccccc2)cc1OC. The zero-order valence-electron chi connectivity index (χ0n) is 16.6. The summed E-state index contributed by atoms with van der Waals surface area (Å²) in [5.41, 5.74) is -0.372. The van der Waals surface area contributed by atoms with Crippen molar-refractivity contribution in [2.75, 3.05) is 13.7 Å². The Hall–Kier alpha value is -3.62. The molecule has 1 unspecified atom stereocenters. The van der Waals surface area contributed by atoms with Crippen molar-refractivity contribution in [2.45, 2.75) is 31.9 Å². The second-order valence-electron chi connectivity index (χ2n) is 6.69. The topological polar surface area (TPSA) is 117 Å². The Morgan fingerprint density at radius 2 is 1.90 bits per heavy atom. The van der Waals surface area contributed by atoms with Crippen molar-refractivity contribution < 1.29 is 28.7 Å². The minimum absolute atomic E-state index is 0.0577. The number of hydrogen-bond acceptors (Lipinski definition) is 7. The summed E-state index contributed by atoms with van der Waals surface area (Å²) >= 11 is 0. The first kappa shape index (κ1) is 21.1. The van der Waals surface area contributed by atoms with E-state index in [9.17, 15) is 19.7 Å². The van der Waals surface area contributed by atoms with Gasteiger partial charge in [0.05, 0.1) is 24.7 Å². The third-order valence-electron chi connectivity index (χ3n) is 4.49. The predicted octanol–water partition coefficient (Wildman–Crippen LogP) is 3.18. The zero-order valence-corrected chi connectivity index (χ0v) is 16.6. The minimum Gasteiger partial charge on any atom is -0.493 e. The summed E-state index contributed by atoms with van der Waals surface area (Å²) in [4.78, 5) is 36.4. The summed E-state index contributed by atoms with van der Waals surface area (Å²) < 4.78 is 16.0. The van der Waals surface area contributed by atoms with Gasteiger partial charge in [-0.15, -0.1) is 0 Å². The first-order valence-electron chi connectivity index (χ1n) is 9.50. The van der Waals surface area contributed by atoms with Gasteiger partial charge in [0, 0.05) is 17.7 Å². The Morgan fingerprint density at radius 1 is 1.20 bits per heavy atom. The summed E-state index contributed by atoms with van der Waals surface area (Å²) in [5.74, 6) is -1.21. The first-order chi connectivity index (χ1) is 14.4. The third-order valence-corrected chi connectivity index (χ3v) is 4.49. The van der Waals surface area contributed by atoms with E-state index in [1.165, 1.54) is 13.2 Å². The maximum atomic E-state index is 12.9. The Labute approximate surface area is 173 Å². The molecule has 9 nitrogen and oxygen atoms in total. The molecule has 2 aromatic rings. The number of benzene rings is 2. The average molecular weight is 414 g/mol. The molecule has 1 aliphatic rings. The second-order valence-corrected chi connectivity index (χ2v) is 6.69. The number of carbonyl (C=O) groups is 2. The highest BCUT2D eigenvalue weighted by Gasteiger charge is 2.33. The van der Waals surface area contributed by atoms with Gasteiger partial charge in [-0.25, -0.2) is 4.79 Å². The van der Waals surface area contributed by atoms with E-state index in [1.54, 1.807) is 37.3 Å². The maximum Gasteiger partial charge on any atom is 0.346 e. The summed E-state index contributed by atoms with van der Waals surface area (Å²) in [6.07, 6.45) is 0.488. The van der Waals surface area contributed by atoms with Crippen molar-refractivity contribution in [3.63, 3.8) is 0 Å². The van der Waals surface area contributed by atoms with E-state index < -0.39 is 28.6 Å². The van der Waals surface area contributed by atoms with E-state index in [1.807, 2.05) is 0 Å². The lowest BCUT2D eigenvalue weighted by Crippen LogP contribution is -2.33. The molecule has 1 aliphatic carbocycles. The Bertz CT molecular complexity index is 942. The molecule has 0 bridgehead atoms. The van der Waals surface area contributed by atoms with Gasteiger partial charge in [0.15, 0.2) is 11.5 Å². The molecule has 1 amide bonds. The van der Waals surface area contributed by atoms with Crippen molar-refractivity contribution in [1.82, 2.24) is 5.32 Å². The number of nitro groups is 1. The van der Waals surface area contributed by atoms with Crippen LogP contribution in [0.25, 0.3) is 0 Å². The van der Waals surface area contributed by atoms with Crippen LogP contribution in [-0.2, 0) is 9.53 Å². The molecule has 0 saturated heterocycles. The molecule has 2 aromatic carbocycles. The number of amides is 1. The van der Waals surface area contributed by atoms with Crippen molar-refractivity contribution in [1.29, 1.82) is 0 Å². The standard InChI is InChI=1S/C21H22N2O7/c1-3-29-18-12-16(23(26)27)15(11-17(18)28-2)21(25)30-19(13-7-5-4-6-8-13)20(24)22-14-9-10-14/h4-8,11-12,14,19H,3,9-10H2,1-2H3,(H,22,24). The molecule has 0 radical (unpaired) electrons. The summed E-state index contributed by atoms with van der Waals surface area (Å²) in [6.45, 7) is 1.98. The Balaban J connectivity index is 1.94. The van der Waals surface area contributed by atoms with E-state index in [0.29, 0.717) is 5.56 Å². The van der Waals surface area contributed by atoms with Crippen LogP contribution in [0.2, 0.25) is 0 Å². The maximum absolute atomic E-state index is 12.9. The molecular weight excluding hydrogens is 392 g/mol. The smallest absolute Gasteiger partial charge is 0.346 e. The highest BCUT2D eigenvalue weighted by molar-refractivity contribution is 5.97. The van der Waals surface area contributed by atoms with Crippen LogP contribution >= 0.6 is 0 Å². The van der Waals surface area contributed by atoms with Gasteiger partial charge in [-0.05, 0) is 19.8 Å². The second kappa shape index (κ2) is 9.25. The normalized spacial score (nSPS) is 13.8.